The van der Waals surface area contributed by atoms with Gasteiger partial charge in [0.05, 0.1) is 10.6 Å². The van der Waals surface area contributed by atoms with Gasteiger partial charge < -0.3 is 5.73 Å². The van der Waals surface area contributed by atoms with E-state index in [1.54, 1.807) is 12.3 Å². The van der Waals surface area contributed by atoms with Crippen LogP contribution in [0.4, 0.5) is 5.69 Å². The molecule has 0 saturated carbocycles. The summed E-state index contributed by atoms with van der Waals surface area (Å²) < 4.78 is 0. The molecule has 1 heterocycles. The Morgan fingerprint density at radius 3 is 2.53 bits per heavy atom. The maximum Gasteiger partial charge on any atom is 0.144 e. The van der Waals surface area contributed by atoms with E-state index in [2.05, 4.69) is 4.98 Å². The second-order valence-electron chi connectivity index (χ2n) is 2.94. The number of hydrogen-bond acceptors (Lipinski definition) is 3. The minimum absolute atomic E-state index is 0.448. The van der Waals surface area contributed by atoms with Crippen LogP contribution in [0.15, 0.2) is 52.4 Å². The monoisotopic (exact) mass is 236 g/mol. The summed E-state index contributed by atoms with van der Waals surface area (Å²) in [4.78, 5) is 5.91. The number of nitrogens with zero attached hydrogens (tertiary/aromatic N) is 1. The second kappa shape index (κ2) is 4.55. The normalized spacial score (nSPS) is 10.2. The fourth-order valence-corrected chi connectivity index (χ4v) is 2.28. The van der Waals surface area contributed by atoms with Gasteiger partial charge in [0.1, 0.15) is 5.15 Å². The van der Waals surface area contributed by atoms with Gasteiger partial charge in [-0.05, 0) is 18.2 Å². The molecule has 2 rings (SSSR count). The fraction of sp³-hybridized carbons (Fsp3) is 0. The molecule has 1 aromatic carbocycles. The van der Waals surface area contributed by atoms with Gasteiger partial charge in [-0.25, -0.2) is 4.98 Å². The summed E-state index contributed by atoms with van der Waals surface area (Å²) in [6.45, 7) is 0. The van der Waals surface area contributed by atoms with Gasteiger partial charge in [-0.3, -0.25) is 0 Å². The topological polar surface area (TPSA) is 38.9 Å². The van der Waals surface area contributed by atoms with Gasteiger partial charge in [0.2, 0.25) is 0 Å². The molecule has 2 N–H and O–H groups in total. The first-order chi connectivity index (χ1) is 7.27. The Balaban J connectivity index is 2.32. The summed E-state index contributed by atoms with van der Waals surface area (Å²) in [5.41, 5.74) is 6.48. The van der Waals surface area contributed by atoms with E-state index in [0.717, 1.165) is 9.79 Å². The second-order valence-corrected chi connectivity index (χ2v) is 4.38. The number of halogens is 1. The van der Waals surface area contributed by atoms with Crippen molar-refractivity contribution in [1.29, 1.82) is 0 Å². The van der Waals surface area contributed by atoms with Crippen molar-refractivity contribution in [2.24, 2.45) is 0 Å². The molecule has 0 saturated heterocycles. The van der Waals surface area contributed by atoms with Crippen LogP contribution in [0.5, 0.6) is 0 Å². The number of pyridine rings is 1. The molecule has 15 heavy (non-hydrogen) atoms. The molecule has 2 aromatic rings. The zero-order chi connectivity index (χ0) is 10.7. The lowest BCUT2D eigenvalue weighted by atomic mass is 10.4. The summed E-state index contributed by atoms with van der Waals surface area (Å²) in [5.74, 6) is 0. The standard InChI is InChI=1S/C11H9ClN2S/c12-11-10(9(13)6-7-14-11)15-8-4-2-1-3-5-8/h1-7H,(H2,13,14). The first-order valence-corrected chi connectivity index (χ1v) is 5.59. The Kier molecular flexibility index (Phi) is 3.14. The molecular formula is C11H9ClN2S. The summed E-state index contributed by atoms with van der Waals surface area (Å²) >= 11 is 7.49. The average Bonchev–Trinajstić information content (AvgIpc) is 2.25. The van der Waals surface area contributed by atoms with Crippen LogP contribution in [0, 0.1) is 0 Å². The van der Waals surface area contributed by atoms with Crippen LogP contribution in [0.1, 0.15) is 0 Å². The van der Waals surface area contributed by atoms with Crippen molar-refractivity contribution >= 4 is 29.1 Å². The number of aromatic nitrogens is 1. The maximum absolute atomic E-state index is 5.97. The predicted octanol–water partition coefficient (Wildman–Crippen LogP) is 3.47. The molecule has 0 aliphatic rings. The van der Waals surface area contributed by atoms with Crippen molar-refractivity contribution in [2.75, 3.05) is 5.73 Å². The van der Waals surface area contributed by atoms with E-state index < -0.39 is 0 Å². The van der Waals surface area contributed by atoms with Crippen molar-refractivity contribution in [2.45, 2.75) is 9.79 Å². The molecule has 0 atom stereocenters. The lowest BCUT2D eigenvalue weighted by Crippen LogP contribution is -1.90. The molecule has 0 bridgehead atoms. The van der Waals surface area contributed by atoms with Crippen LogP contribution >= 0.6 is 23.4 Å². The van der Waals surface area contributed by atoms with Crippen molar-refractivity contribution in [3.05, 3.63) is 47.7 Å². The first-order valence-electron chi connectivity index (χ1n) is 4.40. The highest BCUT2D eigenvalue weighted by Crippen LogP contribution is 2.35. The SMILES string of the molecule is Nc1ccnc(Cl)c1Sc1ccccc1. The third-order valence-corrected chi connectivity index (χ3v) is 3.39. The number of anilines is 1. The van der Waals surface area contributed by atoms with Gasteiger partial charge in [0, 0.05) is 11.1 Å². The van der Waals surface area contributed by atoms with Crippen LogP contribution in [-0.4, -0.2) is 4.98 Å². The molecule has 0 aliphatic heterocycles. The van der Waals surface area contributed by atoms with E-state index in [0.29, 0.717) is 10.8 Å². The van der Waals surface area contributed by atoms with Crippen molar-refractivity contribution in [3.63, 3.8) is 0 Å². The van der Waals surface area contributed by atoms with E-state index in [-0.39, 0.29) is 0 Å². The third kappa shape index (κ3) is 2.43. The number of nitrogen functional groups attached to an aromatic ring is 1. The van der Waals surface area contributed by atoms with E-state index in [9.17, 15) is 0 Å². The molecule has 0 amide bonds. The highest BCUT2D eigenvalue weighted by atomic mass is 35.5. The Labute approximate surface area is 97.5 Å². The van der Waals surface area contributed by atoms with Gasteiger partial charge >= 0.3 is 0 Å². The Morgan fingerprint density at radius 1 is 1.13 bits per heavy atom. The van der Waals surface area contributed by atoms with Crippen molar-refractivity contribution in [1.82, 2.24) is 4.98 Å². The number of nitrogens with two attached hydrogens (primary N) is 1. The van der Waals surface area contributed by atoms with E-state index >= 15 is 0 Å². The fourth-order valence-electron chi connectivity index (χ4n) is 1.14. The summed E-state index contributed by atoms with van der Waals surface area (Å²) in [6, 6.07) is 11.7. The van der Waals surface area contributed by atoms with Crippen molar-refractivity contribution < 1.29 is 0 Å². The average molecular weight is 237 g/mol. The minimum atomic E-state index is 0.448. The van der Waals surface area contributed by atoms with Gasteiger partial charge in [-0.15, -0.1) is 0 Å². The largest absolute Gasteiger partial charge is 0.398 e. The Morgan fingerprint density at radius 2 is 1.87 bits per heavy atom. The smallest absolute Gasteiger partial charge is 0.144 e. The van der Waals surface area contributed by atoms with Crippen LogP contribution in [0.3, 0.4) is 0 Å². The van der Waals surface area contributed by atoms with Crippen LogP contribution in [-0.2, 0) is 0 Å². The molecule has 0 spiro atoms. The van der Waals surface area contributed by atoms with Crippen LogP contribution in [0.25, 0.3) is 0 Å². The number of benzene rings is 1. The third-order valence-electron chi connectivity index (χ3n) is 1.85. The lowest BCUT2D eigenvalue weighted by molar-refractivity contribution is 1.24. The first kappa shape index (κ1) is 10.3. The molecule has 0 radical (unpaired) electrons. The number of hydrogen-bond donors (Lipinski definition) is 1. The van der Waals surface area contributed by atoms with Gasteiger partial charge in [-0.2, -0.15) is 0 Å². The van der Waals surface area contributed by atoms with Crippen LogP contribution in [0.2, 0.25) is 5.15 Å². The zero-order valence-electron chi connectivity index (χ0n) is 7.85. The molecule has 4 heteroatoms. The molecule has 0 fully saturated rings. The quantitative estimate of drug-likeness (QED) is 0.812. The molecule has 1 aromatic heterocycles. The summed E-state index contributed by atoms with van der Waals surface area (Å²) in [7, 11) is 0. The molecular weight excluding hydrogens is 228 g/mol. The van der Waals surface area contributed by atoms with Crippen LogP contribution < -0.4 is 5.73 Å². The van der Waals surface area contributed by atoms with E-state index in [4.69, 9.17) is 17.3 Å². The minimum Gasteiger partial charge on any atom is -0.398 e. The van der Waals surface area contributed by atoms with E-state index in [1.807, 2.05) is 30.3 Å². The Bertz CT molecular complexity index is 439. The molecule has 0 unspecified atom stereocenters. The Hall–Kier alpha value is -1.19. The highest BCUT2D eigenvalue weighted by molar-refractivity contribution is 7.99. The van der Waals surface area contributed by atoms with Gasteiger partial charge in [-0.1, -0.05) is 41.6 Å². The molecule has 2 nitrogen and oxygen atoms in total. The lowest BCUT2D eigenvalue weighted by Gasteiger charge is -2.05. The summed E-state index contributed by atoms with van der Waals surface area (Å²) in [6.07, 6.45) is 1.60. The van der Waals surface area contributed by atoms with E-state index in [1.165, 1.54) is 11.8 Å². The highest BCUT2D eigenvalue weighted by Gasteiger charge is 2.06. The predicted molar refractivity (Wildman–Crippen MR) is 64.2 cm³/mol. The maximum atomic E-state index is 5.97. The van der Waals surface area contributed by atoms with Crippen molar-refractivity contribution in [3.8, 4) is 0 Å². The number of rotatable bonds is 2. The zero-order valence-corrected chi connectivity index (χ0v) is 9.42. The van der Waals surface area contributed by atoms with Gasteiger partial charge in [0.15, 0.2) is 0 Å². The molecule has 0 aliphatic carbocycles. The van der Waals surface area contributed by atoms with Gasteiger partial charge in [0.25, 0.3) is 0 Å². The molecule has 76 valence electrons. The summed E-state index contributed by atoms with van der Waals surface area (Å²) in [5, 5.41) is 0.448.